The fraction of sp³-hybridized carbons (Fsp3) is 0.357. The van der Waals surface area contributed by atoms with Gasteiger partial charge in [0.25, 0.3) is 0 Å². The van der Waals surface area contributed by atoms with Gasteiger partial charge in [0.2, 0.25) is 0 Å². The Morgan fingerprint density at radius 1 is 1.44 bits per heavy atom. The molecule has 2 heteroatoms. The van der Waals surface area contributed by atoms with Crippen molar-refractivity contribution in [2.24, 2.45) is 5.92 Å². The standard InChI is InChI=1S/C14H18N2/c1-11-6-4-7-12(11)10-13-8-5-9-14(15-13)16(2)3/h4-5,7-9,12H,1,6,10H2,2-3H3/t12-/m0/s1. The van der Waals surface area contributed by atoms with Crippen molar-refractivity contribution in [1.82, 2.24) is 4.98 Å². The lowest BCUT2D eigenvalue weighted by atomic mass is 9.98. The van der Waals surface area contributed by atoms with Crippen LogP contribution in [0.2, 0.25) is 0 Å². The number of pyridine rings is 1. The molecule has 1 aliphatic rings. The van der Waals surface area contributed by atoms with Crippen LogP contribution in [-0.4, -0.2) is 19.1 Å². The van der Waals surface area contributed by atoms with E-state index in [-0.39, 0.29) is 0 Å². The molecule has 2 rings (SSSR count). The predicted molar refractivity (Wildman–Crippen MR) is 68.7 cm³/mol. The number of hydrogen-bond acceptors (Lipinski definition) is 2. The summed E-state index contributed by atoms with van der Waals surface area (Å²) >= 11 is 0. The van der Waals surface area contributed by atoms with Gasteiger partial charge < -0.3 is 4.90 Å². The summed E-state index contributed by atoms with van der Waals surface area (Å²) in [6.45, 7) is 4.09. The summed E-state index contributed by atoms with van der Waals surface area (Å²) in [5.74, 6) is 1.50. The SMILES string of the molecule is C=C1CC=C[C@H]1Cc1cccc(N(C)C)n1. The van der Waals surface area contributed by atoms with Crippen molar-refractivity contribution in [2.45, 2.75) is 12.8 Å². The second-order valence-corrected chi connectivity index (χ2v) is 4.48. The Labute approximate surface area is 97.3 Å². The minimum absolute atomic E-state index is 0.477. The highest BCUT2D eigenvalue weighted by Gasteiger charge is 2.14. The van der Waals surface area contributed by atoms with Gasteiger partial charge in [0.15, 0.2) is 0 Å². The predicted octanol–water partition coefficient (Wildman–Crippen LogP) is 2.82. The molecule has 0 saturated carbocycles. The highest BCUT2D eigenvalue weighted by Crippen LogP contribution is 2.25. The molecule has 0 N–H and O–H groups in total. The van der Waals surface area contributed by atoms with Crippen LogP contribution >= 0.6 is 0 Å². The van der Waals surface area contributed by atoms with E-state index < -0.39 is 0 Å². The average molecular weight is 214 g/mol. The van der Waals surface area contributed by atoms with Crippen LogP contribution in [-0.2, 0) is 6.42 Å². The molecule has 1 aromatic heterocycles. The largest absolute Gasteiger partial charge is 0.363 e. The summed E-state index contributed by atoms with van der Waals surface area (Å²) in [6, 6.07) is 6.19. The van der Waals surface area contributed by atoms with Crippen molar-refractivity contribution >= 4 is 5.82 Å². The second kappa shape index (κ2) is 4.52. The van der Waals surface area contributed by atoms with Crippen molar-refractivity contribution in [3.05, 3.63) is 48.2 Å². The first-order valence-electron chi connectivity index (χ1n) is 5.64. The van der Waals surface area contributed by atoms with E-state index in [0.29, 0.717) is 5.92 Å². The normalized spacial score (nSPS) is 19.1. The maximum absolute atomic E-state index is 4.62. The number of nitrogens with zero attached hydrogens (tertiary/aromatic N) is 2. The number of allylic oxidation sites excluding steroid dienone is 3. The Balaban J connectivity index is 2.12. The lowest BCUT2D eigenvalue weighted by Crippen LogP contribution is -2.12. The van der Waals surface area contributed by atoms with Gasteiger partial charge in [-0.05, 0) is 25.0 Å². The third kappa shape index (κ3) is 2.32. The second-order valence-electron chi connectivity index (χ2n) is 4.48. The molecule has 0 radical (unpaired) electrons. The molecule has 84 valence electrons. The van der Waals surface area contributed by atoms with E-state index in [1.165, 1.54) is 5.57 Å². The average Bonchev–Trinajstić information content (AvgIpc) is 2.65. The number of rotatable bonds is 3. The van der Waals surface area contributed by atoms with Crippen LogP contribution in [0.4, 0.5) is 5.82 Å². The van der Waals surface area contributed by atoms with Crippen molar-refractivity contribution in [1.29, 1.82) is 0 Å². The van der Waals surface area contributed by atoms with E-state index in [1.807, 2.05) is 25.1 Å². The summed E-state index contributed by atoms with van der Waals surface area (Å²) < 4.78 is 0. The zero-order valence-corrected chi connectivity index (χ0v) is 9.98. The maximum Gasteiger partial charge on any atom is 0.128 e. The zero-order chi connectivity index (χ0) is 11.5. The summed E-state index contributed by atoms with van der Waals surface area (Å²) in [7, 11) is 4.03. The first-order valence-corrected chi connectivity index (χ1v) is 5.64. The zero-order valence-electron chi connectivity index (χ0n) is 9.98. The molecule has 2 nitrogen and oxygen atoms in total. The van der Waals surface area contributed by atoms with E-state index in [4.69, 9.17) is 0 Å². The van der Waals surface area contributed by atoms with Crippen molar-refractivity contribution in [3.63, 3.8) is 0 Å². The van der Waals surface area contributed by atoms with Crippen LogP contribution in [0.25, 0.3) is 0 Å². The molecule has 0 bridgehead atoms. The van der Waals surface area contributed by atoms with E-state index in [2.05, 4.69) is 35.8 Å². The highest BCUT2D eigenvalue weighted by molar-refractivity contribution is 5.37. The summed E-state index contributed by atoms with van der Waals surface area (Å²) in [6.07, 6.45) is 6.43. The van der Waals surface area contributed by atoms with Gasteiger partial charge in [-0.15, -0.1) is 0 Å². The maximum atomic E-state index is 4.62. The van der Waals surface area contributed by atoms with Gasteiger partial charge in [0, 0.05) is 25.7 Å². The minimum Gasteiger partial charge on any atom is -0.363 e. The van der Waals surface area contributed by atoms with E-state index in [1.54, 1.807) is 0 Å². The van der Waals surface area contributed by atoms with Crippen molar-refractivity contribution < 1.29 is 0 Å². The third-order valence-corrected chi connectivity index (χ3v) is 2.95. The molecule has 0 unspecified atom stereocenters. The molecule has 0 saturated heterocycles. The topological polar surface area (TPSA) is 16.1 Å². The quantitative estimate of drug-likeness (QED) is 0.719. The molecule has 0 fully saturated rings. The van der Waals surface area contributed by atoms with Crippen LogP contribution in [0.15, 0.2) is 42.5 Å². The van der Waals surface area contributed by atoms with Crippen molar-refractivity contribution in [3.8, 4) is 0 Å². The molecule has 1 atom stereocenters. The number of anilines is 1. The van der Waals surface area contributed by atoms with Crippen LogP contribution in [0.5, 0.6) is 0 Å². The molecular weight excluding hydrogens is 196 g/mol. The third-order valence-electron chi connectivity index (χ3n) is 2.95. The van der Waals surface area contributed by atoms with E-state index in [0.717, 1.165) is 24.4 Å². The van der Waals surface area contributed by atoms with E-state index in [9.17, 15) is 0 Å². The molecule has 0 aromatic carbocycles. The summed E-state index contributed by atoms with van der Waals surface area (Å²) in [4.78, 5) is 6.65. The van der Waals surface area contributed by atoms with Gasteiger partial charge in [0.1, 0.15) is 5.82 Å². The van der Waals surface area contributed by atoms with Gasteiger partial charge in [-0.1, -0.05) is 30.4 Å². The molecule has 1 heterocycles. The first kappa shape index (κ1) is 10.9. The Bertz CT molecular complexity index is 418. The van der Waals surface area contributed by atoms with Gasteiger partial charge in [-0.3, -0.25) is 0 Å². The number of hydrogen-bond donors (Lipinski definition) is 0. The highest BCUT2D eigenvalue weighted by atomic mass is 15.1. The molecule has 0 spiro atoms. The van der Waals surface area contributed by atoms with Gasteiger partial charge >= 0.3 is 0 Å². The summed E-state index contributed by atoms with van der Waals surface area (Å²) in [5.41, 5.74) is 2.45. The number of aromatic nitrogens is 1. The first-order chi connectivity index (χ1) is 7.66. The van der Waals surface area contributed by atoms with Gasteiger partial charge in [0.05, 0.1) is 0 Å². The smallest absolute Gasteiger partial charge is 0.128 e. The monoisotopic (exact) mass is 214 g/mol. The van der Waals surface area contributed by atoms with Gasteiger partial charge in [-0.2, -0.15) is 0 Å². The van der Waals surface area contributed by atoms with Crippen LogP contribution in [0.3, 0.4) is 0 Å². The molecule has 1 aliphatic carbocycles. The molecule has 1 aromatic rings. The fourth-order valence-corrected chi connectivity index (χ4v) is 1.94. The molecule has 0 amide bonds. The van der Waals surface area contributed by atoms with E-state index >= 15 is 0 Å². The lowest BCUT2D eigenvalue weighted by molar-refractivity contribution is 0.748. The van der Waals surface area contributed by atoms with Crippen LogP contribution < -0.4 is 4.90 Å². The Hall–Kier alpha value is -1.57. The minimum atomic E-state index is 0.477. The lowest BCUT2D eigenvalue weighted by Gasteiger charge is -2.14. The molecule has 0 aliphatic heterocycles. The Kier molecular flexibility index (Phi) is 3.09. The van der Waals surface area contributed by atoms with Gasteiger partial charge in [-0.25, -0.2) is 4.98 Å². The molecule has 16 heavy (non-hydrogen) atoms. The van der Waals surface area contributed by atoms with Crippen molar-refractivity contribution in [2.75, 3.05) is 19.0 Å². The summed E-state index contributed by atoms with van der Waals surface area (Å²) in [5, 5.41) is 0. The Morgan fingerprint density at radius 3 is 2.88 bits per heavy atom. The van der Waals surface area contributed by atoms with Crippen LogP contribution in [0.1, 0.15) is 12.1 Å². The van der Waals surface area contributed by atoms with Crippen LogP contribution in [0, 0.1) is 5.92 Å². The Morgan fingerprint density at radius 2 is 2.25 bits per heavy atom. The molecular formula is C14H18N2. The fourth-order valence-electron chi connectivity index (χ4n) is 1.94.